The average Bonchev–Trinajstić information content (AvgIpc) is 3.47. The Hall–Kier alpha value is -4.35. The summed E-state index contributed by atoms with van der Waals surface area (Å²) in [6.45, 7) is 2.35. The fourth-order valence-corrected chi connectivity index (χ4v) is 9.90. The SMILES string of the molecule is CC(=O)C12C3C4C1C1C2C3C41CNC(=O)c1cc(C(=O)NCc2ccc3oc(=O)n(C)c3c2)nc2c(F)cnn12. The number of nitrogens with one attached hydrogen (secondary N) is 2. The molecule has 202 valence electrons. The molecule has 0 unspecified atom stereocenters. The molecule has 2 amide bonds. The maximum absolute atomic E-state index is 14.5. The molecule has 40 heavy (non-hydrogen) atoms. The monoisotopic (exact) mass is 542 g/mol. The first-order chi connectivity index (χ1) is 19.2. The largest absolute Gasteiger partial charge is 0.419 e. The Morgan fingerprint density at radius 1 is 1.05 bits per heavy atom. The van der Waals surface area contributed by atoms with E-state index in [9.17, 15) is 23.6 Å². The number of aromatic nitrogens is 4. The van der Waals surface area contributed by atoms with Gasteiger partial charge in [-0.15, -0.1) is 0 Å². The highest BCUT2D eigenvalue weighted by atomic mass is 19.1. The van der Waals surface area contributed by atoms with E-state index in [1.165, 1.54) is 10.6 Å². The van der Waals surface area contributed by atoms with Crippen LogP contribution in [0.2, 0.25) is 0 Å². The predicted molar refractivity (Wildman–Crippen MR) is 134 cm³/mol. The zero-order valence-corrected chi connectivity index (χ0v) is 21.5. The lowest BCUT2D eigenvalue weighted by atomic mass is 8.92. The summed E-state index contributed by atoms with van der Waals surface area (Å²) in [6, 6.07) is 6.42. The highest BCUT2D eigenvalue weighted by molar-refractivity contribution is 5.98. The smallest absolute Gasteiger partial charge is 0.408 e. The first-order valence-corrected chi connectivity index (χ1v) is 13.4. The van der Waals surface area contributed by atoms with Gasteiger partial charge >= 0.3 is 5.76 Å². The molecule has 1 aromatic carbocycles. The number of halogens is 1. The number of amides is 2. The number of Topliss-reactive ketones (excluding diaryl/α,β-unsaturated/α-hetero) is 1. The number of hydrogen-bond donors (Lipinski definition) is 2. The van der Waals surface area contributed by atoms with Crippen molar-refractivity contribution in [1.82, 2.24) is 29.8 Å². The Morgan fingerprint density at radius 3 is 2.48 bits per heavy atom. The molecular weight excluding hydrogens is 519 g/mol. The quantitative estimate of drug-likeness (QED) is 0.359. The summed E-state index contributed by atoms with van der Waals surface area (Å²) >= 11 is 0. The Labute approximate surface area is 224 Å². The van der Waals surface area contributed by atoms with Gasteiger partial charge in [0.05, 0.1) is 11.7 Å². The van der Waals surface area contributed by atoms with Crippen LogP contribution < -0.4 is 16.4 Å². The van der Waals surface area contributed by atoms with E-state index in [0.29, 0.717) is 64.5 Å². The van der Waals surface area contributed by atoms with E-state index >= 15 is 0 Å². The van der Waals surface area contributed by atoms with Gasteiger partial charge in [0.2, 0.25) is 0 Å². The molecule has 0 bridgehead atoms. The van der Waals surface area contributed by atoms with Crippen LogP contribution in [-0.2, 0) is 18.4 Å². The van der Waals surface area contributed by atoms with Gasteiger partial charge in [-0.3, -0.25) is 19.0 Å². The lowest BCUT2D eigenvalue weighted by molar-refractivity contribution is -0.638. The van der Waals surface area contributed by atoms with Crippen molar-refractivity contribution in [2.45, 2.75) is 13.5 Å². The van der Waals surface area contributed by atoms with Gasteiger partial charge in [-0.25, -0.2) is 18.7 Å². The third-order valence-corrected chi connectivity index (χ3v) is 11.2. The van der Waals surface area contributed by atoms with Crippen molar-refractivity contribution in [1.29, 1.82) is 0 Å². The van der Waals surface area contributed by atoms with Crippen molar-refractivity contribution in [3.8, 4) is 0 Å². The molecule has 0 atom stereocenters. The van der Waals surface area contributed by atoms with E-state index in [2.05, 4.69) is 20.7 Å². The van der Waals surface area contributed by atoms with Crippen LogP contribution in [-0.4, -0.2) is 43.3 Å². The molecule has 0 spiro atoms. The summed E-state index contributed by atoms with van der Waals surface area (Å²) in [7, 11) is 1.59. The van der Waals surface area contributed by atoms with Gasteiger partial charge in [0.15, 0.2) is 17.0 Å². The van der Waals surface area contributed by atoms with Gasteiger partial charge in [0.1, 0.15) is 17.2 Å². The number of fused-ring (bicyclic) bond motifs is 2. The van der Waals surface area contributed by atoms with Crippen LogP contribution in [0.3, 0.4) is 0 Å². The van der Waals surface area contributed by atoms with E-state index in [0.717, 1.165) is 10.7 Å². The summed E-state index contributed by atoms with van der Waals surface area (Å²) in [6.07, 6.45) is 0.963. The fraction of sp³-hybridized carbons (Fsp3) is 0.429. The standard InChI is InChI=1S/C28H23FN6O5/c1-10(36)28-20-17-21(28)19-22(28)18(20)27(17,19)9-31-25(38)15-6-13(33-23-12(29)8-32-35(15)23)24(37)30-7-11-3-4-16-14(5-11)34(2)26(39)40-16/h3-6,8,17-22H,7,9H2,1-2H3,(H,30,37)(H,31,38). The second kappa shape index (κ2) is 6.68. The molecule has 3 aromatic heterocycles. The summed E-state index contributed by atoms with van der Waals surface area (Å²) in [5.74, 6) is 1.17. The zero-order chi connectivity index (χ0) is 27.5. The Morgan fingerprint density at radius 2 is 1.77 bits per heavy atom. The summed E-state index contributed by atoms with van der Waals surface area (Å²) in [4.78, 5) is 54.5. The Kier molecular flexibility index (Phi) is 3.75. The van der Waals surface area contributed by atoms with Crippen molar-refractivity contribution in [2.75, 3.05) is 6.54 Å². The molecule has 2 N–H and O–H groups in total. The molecule has 10 rings (SSSR count). The number of hydrogen-bond acceptors (Lipinski definition) is 7. The Balaban J connectivity index is 0.940. The predicted octanol–water partition coefficient (Wildman–Crippen LogP) is 1.30. The molecule has 6 saturated carbocycles. The molecule has 6 aliphatic rings. The average molecular weight is 543 g/mol. The number of rotatable bonds is 7. The molecule has 6 fully saturated rings. The van der Waals surface area contributed by atoms with Gasteiger partial charge in [0.25, 0.3) is 11.8 Å². The lowest BCUT2D eigenvalue weighted by Gasteiger charge is -3.11. The van der Waals surface area contributed by atoms with E-state index in [1.54, 1.807) is 32.2 Å². The van der Waals surface area contributed by atoms with Gasteiger partial charge in [-0.2, -0.15) is 5.10 Å². The minimum Gasteiger partial charge on any atom is -0.408 e. The number of aryl methyl sites for hydroxylation is 1. The van der Waals surface area contributed by atoms with Crippen LogP contribution in [0.1, 0.15) is 33.5 Å². The van der Waals surface area contributed by atoms with Crippen molar-refractivity contribution < 1.29 is 23.2 Å². The molecular formula is C28H23FN6O5. The van der Waals surface area contributed by atoms with E-state index in [-0.39, 0.29) is 34.4 Å². The maximum Gasteiger partial charge on any atom is 0.419 e. The van der Waals surface area contributed by atoms with Gasteiger partial charge in [-0.05, 0) is 65.5 Å². The van der Waals surface area contributed by atoms with E-state index in [1.807, 2.05) is 0 Å². The summed E-state index contributed by atoms with van der Waals surface area (Å²) in [5.41, 5.74) is 1.50. The van der Waals surface area contributed by atoms with Crippen LogP contribution in [0.4, 0.5) is 4.39 Å². The summed E-state index contributed by atoms with van der Waals surface area (Å²) in [5, 5.41) is 9.74. The van der Waals surface area contributed by atoms with Gasteiger partial charge in [-0.1, -0.05) is 6.07 Å². The van der Waals surface area contributed by atoms with Crippen molar-refractivity contribution in [3.63, 3.8) is 0 Å². The molecule has 0 aliphatic heterocycles. The molecule has 11 nitrogen and oxygen atoms in total. The third kappa shape index (κ3) is 2.10. The Bertz CT molecular complexity index is 1900. The zero-order valence-electron chi connectivity index (χ0n) is 21.5. The minimum absolute atomic E-state index is 0.0194. The van der Waals surface area contributed by atoms with E-state index in [4.69, 9.17) is 4.42 Å². The fourth-order valence-electron chi connectivity index (χ4n) is 9.90. The number of carbonyl (C=O) groups is 3. The maximum atomic E-state index is 14.5. The van der Waals surface area contributed by atoms with Crippen LogP contribution in [0.25, 0.3) is 16.7 Å². The van der Waals surface area contributed by atoms with Crippen LogP contribution in [0.15, 0.2) is 39.7 Å². The lowest BCUT2D eigenvalue weighted by Crippen LogP contribution is -3.11. The molecule has 12 heteroatoms. The van der Waals surface area contributed by atoms with Gasteiger partial charge in [0, 0.05) is 31.6 Å². The van der Waals surface area contributed by atoms with Crippen molar-refractivity contribution in [3.05, 3.63) is 63.8 Å². The molecule has 6 aliphatic carbocycles. The summed E-state index contributed by atoms with van der Waals surface area (Å²) < 4.78 is 22.1. The first kappa shape index (κ1) is 22.5. The van der Waals surface area contributed by atoms with E-state index < -0.39 is 23.4 Å². The van der Waals surface area contributed by atoms with Gasteiger partial charge < -0.3 is 15.1 Å². The third-order valence-electron chi connectivity index (χ3n) is 11.2. The number of oxazole rings is 1. The minimum atomic E-state index is -0.745. The molecule has 0 saturated heterocycles. The van der Waals surface area contributed by atoms with Crippen LogP contribution in [0.5, 0.6) is 0 Å². The second-order valence-corrected chi connectivity index (χ2v) is 12.1. The topological polar surface area (TPSA) is 141 Å². The van der Waals surface area contributed by atoms with Crippen LogP contribution >= 0.6 is 0 Å². The molecule has 4 aromatic rings. The first-order valence-electron chi connectivity index (χ1n) is 13.4. The second-order valence-electron chi connectivity index (χ2n) is 12.1. The van der Waals surface area contributed by atoms with Crippen molar-refractivity contribution in [2.24, 2.45) is 53.4 Å². The number of benzene rings is 1. The van der Waals surface area contributed by atoms with Crippen molar-refractivity contribution >= 4 is 34.3 Å². The number of carbonyl (C=O) groups excluding carboxylic acids is 3. The normalized spacial score (nSPS) is 34.7. The molecule has 0 radical (unpaired) electrons. The highest BCUT2D eigenvalue weighted by Crippen LogP contribution is 3.10. The molecule has 3 heterocycles. The number of nitrogens with zero attached hydrogens (tertiary/aromatic N) is 4. The highest BCUT2D eigenvalue weighted by Gasteiger charge is 3.10. The number of ketones is 1. The van der Waals surface area contributed by atoms with Crippen LogP contribution in [0, 0.1) is 52.2 Å².